The number of aliphatic carboxylic acids is 4. The van der Waals surface area contributed by atoms with Gasteiger partial charge in [-0.25, -0.2) is 0 Å². The van der Waals surface area contributed by atoms with Gasteiger partial charge >= 0.3 is 23.9 Å². The van der Waals surface area contributed by atoms with Gasteiger partial charge in [0.05, 0.1) is 6.54 Å². The summed E-state index contributed by atoms with van der Waals surface area (Å²) in [5.74, 6) is -3.45. The second kappa shape index (κ2) is 19.9. The molecule has 0 radical (unpaired) electrons. The van der Waals surface area contributed by atoms with Crippen molar-refractivity contribution >= 4 is 23.9 Å². The summed E-state index contributed by atoms with van der Waals surface area (Å²) in [4.78, 5) is 39.3. The average molecular weight is 461 g/mol. The van der Waals surface area contributed by atoms with Crippen LogP contribution in [0.15, 0.2) is 30.3 Å². The van der Waals surface area contributed by atoms with Crippen LogP contribution < -0.4 is 22.9 Å². The van der Waals surface area contributed by atoms with Crippen LogP contribution in [0.2, 0.25) is 0 Å². The zero-order chi connectivity index (χ0) is 25.9. The average Bonchev–Trinajstić information content (AvgIpc) is 2.69. The Kier molecular flexibility index (Phi) is 20.9. The summed E-state index contributed by atoms with van der Waals surface area (Å²) in [5.41, 5.74) is 20.9. The number of benzene rings is 1. The number of rotatable bonds is 8. The molecule has 1 rings (SSSR count). The molecule has 0 saturated heterocycles. The molecule has 12 nitrogen and oxygen atoms in total. The van der Waals surface area contributed by atoms with E-state index < -0.39 is 42.0 Å². The molecule has 0 fully saturated rings. The van der Waals surface area contributed by atoms with E-state index in [-0.39, 0.29) is 6.54 Å². The minimum atomic E-state index is -0.968. The molecule has 0 aliphatic heterocycles. The van der Waals surface area contributed by atoms with E-state index in [1.165, 1.54) is 6.92 Å². The van der Waals surface area contributed by atoms with Crippen molar-refractivity contribution in [2.24, 2.45) is 28.9 Å². The van der Waals surface area contributed by atoms with Gasteiger partial charge in [0.2, 0.25) is 0 Å². The summed E-state index contributed by atoms with van der Waals surface area (Å²) in [6, 6.07) is 7.12. The molecule has 12 N–H and O–H groups in total. The van der Waals surface area contributed by atoms with Gasteiger partial charge in [-0.2, -0.15) is 0 Å². The standard InChI is InChI=1S/C9H11NO2.C6H13NO2.C3H7NO2.C2H5NO2/c10-8(9(11)12)6-7-4-2-1-3-5-7;1-4(2)3-5(7)6(8)9;1-2(4)3(5)6;3-1-2(4)5/h1-5,8H,6,10H2,(H,11,12);4-5H,3,7H2,1-2H3,(H,8,9);2H,4H2,1H3,(H,5,6);1,3H2,(H,4,5)/t8-;5-;2-;/m000./s1. The van der Waals surface area contributed by atoms with Crippen LogP contribution in [0.5, 0.6) is 0 Å². The lowest BCUT2D eigenvalue weighted by molar-refractivity contribution is -0.139. The van der Waals surface area contributed by atoms with Crippen LogP contribution in [0, 0.1) is 5.92 Å². The monoisotopic (exact) mass is 460 g/mol. The van der Waals surface area contributed by atoms with E-state index in [4.69, 9.17) is 37.6 Å². The van der Waals surface area contributed by atoms with E-state index in [0.717, 1.165) is 5.56 Å². The Morgan fingerprint density at radius 1 is 0.781 bits per heavy atom. The van der Waals surface area contributed by atoms with Crippen LogP contribution in [0.3, 0.4) is 0 Å². The van der Waals surface area contributed by atoms with Crippen LogP contribution in [0.1, 0.15) is 32.8 Å². The molecule has 12 heteroatoms. The Balaban J connectivity index is -0.000000374. The maximum Gasteiger partial charge on any atom is 0.320 e. The number of hydrogen-bond acceptors (Lipinski definition) is 8. The zero-order valence-corrected chi connectivity index (χ0v) is 18.5. The second-order valence-electron chi connectivity index (χ2n) is 6.93. The molecule has 0 heterocycles. The molecule has 0 bridgehead atoms. The summed E-state index contributed by atoms with van der Waals surface area (Å²) in [6.07, 6.45) is 0.936. The molecule has 0 unspecified atom stereocenters. The fraction of sp³-hybridized carbons (Fsp3) is 0.500. The highest BCUT2D eigenvalue weighted by molar-refractivity contribution is 5.73. The van der Waals surface area contributed by atoms with Gasteiger partial charge in [-0.1, -0.05) is 44.2 Å². The Labute approximate surface area is 187 Å². The summed E-state index contributed by atoms with van der Waals surface area (Å²) in [6.45, 7) is 5.04. The number of carboxylic acids is 4. The Morgan fingerprint density at radius 2 is 1.16 bits per heavy atom. The van der Waals surface area contributed by atoms with Crippen molar-refractivity contribution in [2.75, 3.05) is 6.54 Å². The predicted octanol–water partition coefficient (Wildman–Crippen LogP) is -0.467. The molecule has 0 aromatic heterocycles. The predicted molar refractivity (Wildman–Crippen MR) is 119 cm³/mol. The lowest BCUT2D eigenvalue weighted by Gasteiger charge is -2.07. The lowest BCUT2D eigenvalue weighted by atomic mass is 10.1. The lowest BCUT2D eigenvalue weighted by Crippen LogP contribution is -2.32. The number of hydrogen-bond donors (Lipinski definition) is 8. The molecule has 0 spiro atoms. The van der Waals surface area contributed by atoms with Crippen molar-refractivity contribution in [1.82, 2.24) is 0 Å². The molecule has 184 valence electrons. The molecule has 0 saturated carbocycles. The Bertz CT molecular complexity index is 669. The van der Waals surface area contributed by atoms with Crippen molar-refractivity contribution in [3.8, 4) is 0 Å². The van der Waals surface area contributed by atoms with E-state index in [2.05, 4.69) is 5.73 Å². The Hall–Kier alpha value is -3.06. The highest BCUT2D eigenvalue weighted by atomic mass is 16.4. The van der Waals surface area contributed by atoms with E-state index in [9.17, 15) is 19.2 Å². The normalized spacial score (nSPS) is 12.2. The fourth-order valence-corrected chi connectivity index (χ4v) is 1.56. The molecule has 0 aliphatic carbocycles. The third-order valence-corrected chi connectivity index (χ3v) is 3.22. The molecular formula is C20H36N4O8. The maximum absolute atomic E-state index is 10.4. The van der Waals surface area contributed by atoms with Gasteiger partial charge in [-0.15, -0.1) is 0 Å². The summed E-state index contributed by atoms with van der Waals surface area (Å²) >= 11 is 0. The van der Waals surface area contributed by atoms with Crippen molar-refractivity contribution in [3.05, 3.63) is 35.9 Å². The third kappa shape index (κ3) is 25.0. The highest BCUT2D eigenvalue weighted by Gasteiger charge is 2.12. The van der Waals surface area contributed by atoms with Crippen molar-refractivity contribution in [2.45, 2.75) is 51.7 Å². The number of carboxylic acid groups (broad SMARTS) is 4. The quantitative estimate of drug-likeness (QED) is 0.245. The minimum Gasteiger partial charge on any atom is -0.480 e. The zero-order valence-electron chi connectivity index (χ0n) is 18.5. The molecule has 0 amide bonds. The first-order valence-corrected chi connectivity index (χ1v) is 9.56. The molecule has 1 aromatic carbocycles. The van der Waals surface area contributed by atoms with Gasteiger partial charge in [0.1, 0.15) is 18.1 Å². The smallest absolute Gasteiger partial charge is 0.320 e. The molecular weight excluding hydrogens is 424 g/mol. The maximum atomic E-state index is 10.4. The first-order chi connectivity index (χ1) is 14.6. The van der Waals surface area contributed by atoms with Crippen LogP contribution in [-0.4, -0.2) is 69.0 Å². The fourth-order valence-electron chi connectivity index (χ4n) is 1.56. The second-order valence-corrected chi connectivity index (χ2v) is 6.93. The van der Waals surface area contributed by atoms with E-state index in [1.807, 2.05) is 44.2 Å². The third-order valence-electron chi connectivity index (χ3n) is 3.22. The molecule has 3 atom stereocenters. The summed E-state index contributed by atoms with van der Waals surface area (Å²) in [5, 5.41) is 32.3. The van der Waals surface area contributed by atoms with Crippen LogP contribution in [-0.2, 0) is 25.6 Å². The summed E-state index contributed by atoms with van der Waals surface area (Å²) < 4.78 is 0. The van der Waals surface area contributed by atoms with Gasteiger partial charge in [-0.05, 0) is 31.2 Å². The number of carbonyl (C=O) groups is 4. The van der Waals surface area contributed by atoms with Crippen molar-refractivity contribution in [3.63, 3.8) is 0 Å². The van der Waals surface area contributed by atoms with Gasteiger partial charge in [0, 0.05) is 0 Å². The first-order valence-electron chi connectivity index (χ1n) is 9.56. The van der Waals surface area contributed by atoms with Crippen LogP contribution in [0.4, 0.5) is 0 Å². The van der Waals surface area contributed by atoms with Crippen LogP contribution in [0.25, 0.3) is 0 Å². The molecule has 32 heavy (non-hydrogen) atoms. The van der Waals surface area contributed by atoms with Gasteiger partial charge in [0.25, 0.3) is 0 Å². The van der Waals surface area contributed by atoms with Gasteiger partial charge < -0.3 is 43.4 Å². The van der Waals surface area contributed by atoms with Crippen molar-refractivity contribution < 1.29 is 39.6 Å². The molecule has 0 aliphatic rings. The Morgan fingerprint density at radius 3 is 1.38 bits per heavy atom. The van der Waals surface area contributed by atoms with Gasteiger partial charge in [0.15, 0.2) is 0 Å². The largest absolute Gasteiger partial charge is 0.480 e. The minimum absolute atomic E-state index is 0.278. The van der Waals surface area contributed by atoms with E-state index in [0.29, 0.717) is 18.8 Å². The van der Waals surface area contributed by atoms with Crippen LogP contribution >= 0.6 is 0 Å². The topological polar surface area (TPSA) is 253 Å². The number of nitrogens with two attached hydrogens (primary N) is 4. The van der Waals surface area contributed by atoms with E-state index >= 15 is 0 Å². The van der Waals surface area contributed by atoms with E-state index in [1.54, 1.807) is 0 Å². The summed E-state index contributed by atoms with van der Waals surface area (Å²) in [7, 11) is 0. The molecule has 1 aromatic rings. The first kappa shape index (κ1) is 33.6. The SMILES string of the molecule is CC(C)C[C@H](N)C(=O)O.C[C@H](N)C(=O)O.NCC(=O)O.N[C@@H](Cc1ccccc1)C(=O)O. The highest BCUT2D eigenvalue weighted by Crippen LogP contribution is 2.02. The van der Waals surface area contributed by atoms with Crippen molar-refractivity contribution in [1.29, 1.82) is 0 Å². The van der Waals surface area contributed by atoms with Gasteiger partial charge in [-0.3, -0.25) is 19.2 Å².